The van der Waals surface area contributed by atoms with Gasteiger partial charge in [0.05, 0.1) is 11.2 Å². The van der Waals surface area contributed by atoms with E-state index in [0.717, 1.165) is 32.1 Å². The molecule has 96 valence electrons. The zero-order valence-electron chi connectivity index (χ0n) is 10.3. The molecule has 2 aliphatic rings. The maximum atomic E-state index is 12.0. The molecule has 0 radical (unpaired) electrons. The van der Waals surface area contributed by atoms with Gasteiger partial charge in [-0.05, 0) is 37.8 Å². The average molecular weight is 246 g/mol. The van der Waals surface area contributed by atoms with Crippen LogP contribution in [0.3, 0.4) is 0 Å². The SMILES string of the molecule is O=C(OC1CC[C@]2(O)CCC[C@H]12)c1ccccc1. The number of carbonyl (C=O) groups excluding carboxylic acids is 1. The largest absolute Gasteiger partial charge is 0.458 e. The van der Waals surface area contributed by atoms with Gasteiger partial charge in [-0.1, -0.05) is 24.6 Å². The van der Waals surface area contributed by atoms with Crippen LogP contribution in [0.2, 0.25) is 0 Å². The van der Waals surface area contributed by atoms with Crippen LogP contribution >= 0.6 is 0 Å². The second kappa shape index (κ2) is 4.39. The molecule has 1 aromatic rings. The highest BCUT2D eigenvalue weighted by molar-refractivity contribution is 5.89. The first-order chi connectivity index (χ1) is 8.69. The van der Waals surface area contributed by atoms with Crippen molar-refractivity contribution in [2.45, 2.75) is 43.8 Å². The van der Waals surface area contributed by atoms with E-state index in [0.29, 0.717) is 5.56 Å². The maximum Gasteiger partial charge on any atom is 0.338 e. The highest BCUT2D eigenvalue weighted by Crippen LogP contribution is 2.48. The number of hydrogen-bond donors (Lipinski definition) is 1. The van der Waals surface area contributed by atoms with Crippen molar-refractivity contribution in [3.8, 4) is 0 Å². The highest BCUT2D eigenvalue weighted by atomic mass is 16.5. The third-order valence-electron chi connectivity index (χ3n) is 4.39. The summed E-state index contributed by atoms with van der Waals surface area (Å²) in [5.74, 6) is -0.123. The summed E-state index contributed by atoms with van der Waals surface area (Å²) >= 11 is 0. The van der Waals surface area contributed by atoms with Crippen LogP contribution in [-0.2, 0) is 4.74 Å². The van der Waals surface area contributed by atoms with E-state index in [4.69, 9.17) is 4.74 Å². The van der Waals surface area contributed by atoms with Crippen LogP contribution in [0.15, 0.2) is 30.3 Å². The summed E-state index contributed by atoms with van der Waals surface area (Å²) in [6.45, 7) is 0. The summed E-state index contributed by atoms with van der Waals surface area (Å²) in [6, 6.07) is 9.06. The number of fused-ring (bicyclic) bond motifs is 1. The monoisotopic (exact) mass is 246 g/mol. The predicted molar refractivity (Wildman–Crippen MR) is 67.2 cm³/mol. The summed E-state index contributed by atoms with van der Waals surface area (Å²) in [7, 11) is 0. The van der Waals surface area contributed by atoms with E-state index < -0.39 is 5.60 Å². The molecule has 0 aliphatic heterocycles. The summed E-state index contributed by atoms with van der Waals surface area (Å²) in [4.78, 5) is 12.0. The number of rotatable bonds is 2. The fourth-order valence-electron chi connectivity index (χ4n) is 3.44. The Bertz CT molecular complexity index is 442. The fraction of sp³-hybridized carbons (Fsp3) is 0.533. The molecule has 3 heteroatoms. The van der Waals surface area contributed by atoms with Gasteiger partial charge in [-0.2, -0.15) is 0 Å². The first-order valence-corrected chi connectivity index (χ1v) is 6.67. The topological polar surface area (TPSA) is 46.5 Å². The third kappa shape index (κ3) is 1.93. The van der Waals surface area contributed by atoms with Crippen LogP contribution in [0.5, 0.6) is 0 Å². The highest BCUT2D eigenvalue weighted by Gasteiger charge is 2.51. The van der Waals surface area contributed by atoms with Gasteiger partial charge in [-0.15, -0.1) is 0 Å². The van der Waals surface area contributed by atoms with Crippen LogP contribution in [-0.4, -0.2) is 22.8 Å². The zero-order valence-corrected chi connectivity index (χ0v) is 10.3. The molecule has 1 unspecified atom stereocenters. The Morgan fingerprint density at radius 2 is 2.00 bits per heavy atom. The summed E-state index contributed by atoms with van der Waals surface area (Å²) in [6.07, 6.45) is 4.33. The summed E-state index contributed by atoms with van der Waals surface area (Å²) in [5.41, 5.74) is 0.0210. The minimum Gasteiger partial charge on any atom is -0.458 e. The zero-order chi connectivity index (χ0) is 12.6. The second-order valence-corrected chi connectivity index (χ2v) is 5.45. The van der Waals surface area contributed by atoms with Gasteiger partial charge >= 0.3 is 5.97 Å². The van der Waals surface area contributed by atoms with Crippen molar-refractivity contribution in [3.63, 3.8) is 0 Å². The Balaban J connectivity index is 1.69. The molecule has 3 rings (SSSR count). The number of aliphatic hydroxyl groups is 1. The Kier molecular flexibility index (Phi) is 2.86. The molecule has 2 saturated carbocycles. The van der Waals surface area contributed by atoms with Crippen molar-refractivity contribution in [2.24, 2.45) is 5.92 Å². The van der Waals surface area contributed by atoms with Gasteiger partial charge in [-0.3, -0.25) is 0 Å². The lowest BCUT2D eigenvalue weighted by molar-refractivity contribution is -0.0192. The molecule has 0 aromatic heterocycles. The Hall–Kier alpha value is -1.35. The summed E-state index contributed by atoms with van der Waals surface area (Å²) in [5, 5.41) is 10.4. The molecule has 18 heavy (non-hydrogen) atoms. The molecule has 2 aliphatic carbocycles. The van der Waals surface area contributed by atoms with E-state index in [1.54, 1.807) is 12.1 Å². The molecule has 0 spiro atoms. The number of hydrogen-bond acceptors (Lipinski definition) is 3. The number of benzene rings is 1. The fourth-order valence-corrected chi connectivity index (χ4v) is 3.44. The molecule has 0 amide bonds. The maximum absolute atomic E-state index is 12.0. The van der Waals surface area contributed by atoms with E-state index in [1.807, 2.05) is 18.2 Å². The van der Waals surface area contributed by atoms with Crippen molar-refractivity contribution >= 4 is 5.97 Å². The second-order valence-electron chi connectivity index (χ2n) is 5.45. The van der Waals surface area contributed by atoms with Crippen molar-refractivity contribution < 1.29 is 14.6 Å². The Morgan fingerprint density at radius 3 is 2.78 bits per heavy atom. The van der Waals surface area contributed by atoms with Gasteiger partial charge in [0.1, 0.15) is 6.10 Å². The number of carbonyl (C=O) groups is 1. The molecular weight excluding hydrogens is 228 g/mol. The standard InChI is InChI=1S/C15H18O3/c16-14(11-5-2-1-3-6-11)18-13-8-10-15(17)9-4-7-12(13)15/h1-3,5-6,12-13,17H,4,7-10H2/t12-,13?,15-/m1/s1. The molecule has 2 fully saturated rings. The van der Waals surface area contributed by atoms with Gasteiger partial charge < -0.3 is 9.84 Å². The lowest BCUT2D eigenvalue weighted by atomic mass is 9.94. The quantitative estimate of drug-likeness (QED) is 0.816. The predicted octanol–water partition coefficient (Wildman–Crippen LogP) is 2.54. The minimum absolute atomic E-state index is 0.106. The van der Waals surface area contributed by atoms with Gasteiger partial charge in [-0.25, -0.2) is 4.79 Å². The lowest BCUT2D eigenvalue weighted by Gasteiger charge is -2.25. The number of ether oxygens (including phenoxy) is 1. The molecular formula is C15H18O3. The average Bonchev–Trinajstić information content (AvgIpc) is 2.89. The van der Waals surface area contributed by atoms with Crippen LogP contribution in [0, 0.1) is 5.92 Å². The third-order valence-corrected chi connectivity index (χ3v) is 4.39. The molecule has 3 atom stereocenters. The van der Waals surface area contributed by atoms with E-state index >= 15 is 0 Å². The van der Waals surface area contributed by atoms with Gasteiger partial charge in [0.2, 0.25) is 0 Å². The minimum atomic E-state index is -0.568. The lowest BCUT2D eigenvalue weighted by Crippen LogP contribution is -2.33. The smallest absolute Gasteiger partial charge is 0.338 e. The Labute approximate surface area is 107 Å². The van der Waals surface area contributed by atoms with Gasteiger partial charge in [0.15, 0.2) is 0 Å². The van der Waals surface area contributed by atoms with Gasteiger partial charge in [0, 0.05) is 5.92 Å². The molecule has 0 saturated heterocycles. The van der Waals surface area contributed by atoms with E-state index in [-0.39, 0.29) is 18.0 Å². The van der Waals surface area contributed by atoms with Crippen LogP contribution in [0.4, 0.5) is 0 Å². The first-order valence-electron chi connectivity index (χ1n) is 6.67. The molecule has 3 nitrogen and oxygen atoms in total. The molecule has 0 heterocycles. The van der Waals surface area contributed by atoms with E-state index in [1.165, 1.54) is 0 Å². The normalized spacial score (nSPS) is 34.3. The van der Waals surface area contributed by atoms with Crippen LogP contribution in [0.25, 0.3) is 0 Å². The Morgan fingerprint density at radius 1 is 1.22 bits per heavy atom. The molecule has 1 N–H and O–H groups in total. The summed E-state index contributed by atoms with van der Waals surface area (Å²) < 4.78 is 5.58. The first kappa shape index (κ1) is 11.7. The van der Waals surface area contributed by atoms with E-state index in [2.05, 4.69) is 0 Å². The van der Waals surface area contributed by atoms with Crippen molar-refractivity contribution in [2.75, 3.05) is 0 Å². The van der Waals surface area contributed by atoms with Crippen molar-refractivity contribution in [1.82, 2.24) is 0 Å². The number of esters is 1. The van der Waals surface area contributed by atoms with Crippen LogP contribution in [0.1, 0.15) is 42.5 Å². The van der Waals surface area contributed by atoms with Crippen LogP contribution < -0.4 is 0 Å². The molecule has 1 aromatic carbocycles. The van der Waals surface area contributed by atoms with Crippen molar-refractivity contribution in [1.29, 1.82) is 0 Å². The van der Waals surface area contributed by atoms with E-state index in [9.17, 15) is 9.90 Å². The van der Waals surface area contributed by atoms with Crippen molar-refractivity contribution in [3.05, 3.63) is 35.9 Å². The molecule has 0 bridgehead atoms. The van der Waals surface area contributed by atoms with Gasteiger partial charge in [0.25, 0.3) is 0 Å².